The molecule has 1 N–H and O–H groups in total. The molecule has 0 aliphatic carbocycles. The number of hydrogen-bond acceptors (Lipinski definition) is 2. The zero-order valence-corrected chi connectivity index (χ0v) is 5.92. The van der Waals surface area contributed by atoms with Crippen LogP contribution in [0.25, 0.3) is 0 Å². The number of Topliss-reactive ketones (excluding diaryl/α,β-unsaturated/α-hetero) is 1. The van der Waals surface area contributed by atoms with Gasteiger partial charge >= 0.3 is 5.97 Å². The van der Waals surface area contributed by atoms with Crippen LogP contribution in [0.15, 0.2) is 0 Å². The summed E-state index contributed by atoms with van der Waals surface area (Å²) >= 11 is 0. The fraction of sp³-hybridized carbons (Fsp3) is 0.500. The molecule has 0 saturated heterocycles. The van der Waals surface area contributed by atoms with Gasteiger partial charge in [-0.3, -0.25) is 9.59 Å². The maximum atomic E-state index is 9.87. The van der Waals surface area contributed by atoms with Crippen LogP contribution in [0.5, 0.6) is 0 Å². The molecule has 0 aromatic carbocycles. The van der Waals surface area contributed by atoms with Crippen LogP contribution in [0.4, 0.5) is 0 Å². The topological polar surface area (TPSA) is 54.4 Å². The van der Waals surface area contributed by atoms with Gasteiger partial charge < -0.3 is 5.11 Å². The van der Waals surface area contributed by atoms with E-state index in [0.717, 1.165) is 0 Å². The summed E-state index contributed by atoms with van der Waals surface area (Å²) in [5.41, 5.74) is 0. The average molecular weight is 172 g/mol. The molecule has 0 rings (SSSR count). The molecule has 0 aliphatic heterocycles. The molecule has 0 aliphatic rings. The number of carbonyl (C=O) groups excluding carboxylic acids is 1. The molecule has 3 nitrogen and oxygen atoms in total. The van der Waals surface area contributed by atoms with Gasteiger partial charge in [-0.2, -0.15) is 0 Å². The molecule has 0 saturated carbocycles. The largest absolute Gasteiger partial charge is 0.481 e. The van der Waals surface area contributed by atoms with E-state index < -0.39 is 5.97 Å². The molecule has 0 bridgehead atoms. The zero-order chi connectivity index (χ0) is 5.86. The minimum atomic E-state index is -1.06. The number of carboxylic acid groups (broad SMARTS) is 1. The molecule has 0 aromatic rings. The molecule has 0 aromatic heterocycles. The van der Waals surface area contributed by atoms with E-state index in [0.29, 0.717) is 0 Å². The molecule has 9 heavy (non-hydrogen) atoms. The Bertz CT molecular complexity index is 92.0. The average Bonchev–Trinajstić information content (AvgIpc) is 1.27. The van der Waals surface area contributed by atoms with Crippen molar-refractivity contribution in [3.63, 3.8) is 0 Å². The van der Waals surface area contributed by atoms with Gasteiger partial charge in [0.1, 0.15) is 12.2 Å². The summed E-state index contributed by atoms with van der Waals surface area (Å²) in [6.45, 7) is 1.24. The van der Waals surface area contributed by atoms with Gasteiger partial charge in [-0.1, -0.05) is 0 Å². The maximum Gasteiger partial charge on any atom is 0.310 e. The number of ketones is 1. The van der Waals surface area contributed by atoms with Crippen LogP contribution in [0.1, 0.15) is 13.3 Å². The Labute approximate surface area is 65.6 Å². The number of carbonyl (C=O) groups is 2. The normalized spacial score (nSPS) is 6.33. The van der Waals surface area contributed by atoms with Crippen molar-refractivity contribution in [2.75, 3.05) is 0 Å². The summed E-state index contributed by atoms with van der Waals surface area (Å²) in [7, 11) is 0. The monoisotopic (exact) mass is 172 g/mol. The molecule has 4 radical (unpaired) electrons. The van der Waals surface area contributed by atoms with E-state index in [4.69, 9.17) is 5.11 Å². The van der Waals surface area contributed by atoms with Crippen LogP contribution >= 0.6 is 0 Å². The molecule has 0 amide bonds. The minimum absolute atomic E-state index is 0. The van der Waals surface area contributed by atoms with E-state index in [1.165, 1.54) is 6.92 Å². The molecule has 0 spiro atoms. The first-order valence-corrected chi connectivity index (χ1v) is 1.84. The Morgan fingerprint density at radius 2 is 1.78 bits per heavy atom. The van der Waals surface area contributed by atoms with E-state index in [9.17, 15) is 9.59 Å². The summed E-state index contributed by atoms with van der Waals surface area (Å²) in [6, 6.07) is 0. The molecule has 0 heterocycles. The molecular weight excluding hydrogens is 166 g/mol. The Morgan fingerprint density at radius 3 is 1.78 bits per heavy atom. The van der Waals surface area contributed by atoms with Crippen molar-refractivity contribution in [2.45, 2.75) is 13.3 Å². The summed E-state index contributed by atoms with van der Waals surface area (Å²) < 4.78 is 0. The molecule has 5 heteroatoms. The molecular formula is C4H6BCoO3. The summed E-state index contributed by atoms with van der Waals surface area (Å²) in [5, 5.41) is 7.86. The van der Waals surface area contributed by atoms with E-state index in [1.54, 1.807) is 0 Å². The Hall–Kier alpha value is -0.289. The quantitative estimate of drug-likeness (QED) is 0.458. The van der Waals surface area contributed by atoms with Crippen molar-refractivity contribution in [2.24, 2.45) is 0 Å². The van der Waals surface area contributed by atoms with Crippen molar-refractivity contribution < 1.29 is 31.5 Å². The zero-order valence-electron chi connectivity index (χ0n) is 4.88. The van der Waals surface area contributed by atoms with Crippen LogP contribution in [-0.4, -0.2) is 25.3 Å². The van der Waals surface area contributed by atoms with Crippen molar-refractivity contribution in [3.05, 3.63) is 0 Å². The van der Waals surface area contributed by atoms with Gasteiger partial charge in [-0.15, -0.1) is 0 Å². The van der Waals surface area contributed by atoms with Gasteiger partial charge in [0.25, 0.3) is 0 Å². The van der Waals surface area contributed by atoms with Gasteiger partial charge in [-0.25, -0.2) is 0 Å². The van der Waals surface area contributed by atoms with E-state index >= 15 is 0 Å². The van der Waals surface area contributed by atoms with Crippen LogP contribution < -0.4 is 0 Å². The second-order valence-electron chi connectivity index (χ2n) is 1.27. The maximum absolute atomic E-state index is 9.87. The molecule has 52 valence electrons. The summed E-state index contributed by atoms with van der Waals surface area (Å²) in [6.07, 6.45) is -0.361. The first-order chi connectivity index (χ1) is 3.13. The van der Waals surface area contributed by atoms with Crippen molar-refractivity contribution in [3.8, 4) is 0 Å². The van der Waals surface area contributed by atoms with Crippen LogP contribution in [0.3, 0.4) is 0 Å². The molecule has 0 unspecified atom stereocenters. The third-order valence-corrected chi connectivity index (χ3v) is 0.400. The van der Waals surface area contributed by atoms with Crippen molar-refractivity contribution >= 4 is 20.2 Å². The number of hydrogen-bond donors (Lipinski definition) is 1. The van der Waals surface area contributed by atoms with E-state index in [-0.39, 0.29) is 37.4 Å². The van der Waals surface area contributed by atoms with Gasteiger partial charge in [0, 0.05) is 25.2 Å². The van der Waals surface area contributed by atoms with Crippen LogP contribution in [0, 0.1) is 0 Å². The first kappa shape index (κ1) is 15.9. The Kier molecular flexibility index (Phi) is 13.6. The first-order valence-electron chi connectivity index (χ1n) is 1.84. The summed E-state index contributed by atoms with van der Waals surface area (Å²) in [5.74, 6) is -1.37. The van der Waals surface area contributed by atoms with Crippen LogP contribution in [0.2, 0.25) is 0 Å². The van der Waals surface area contributed by atoms with Gasteiger partial charge in [0.15, 0.2) is 0 Å². The Balaban J connectivity index is -0.000000180. The number of rotatable bonds is 2. The minimum Gasteiger partial charge on any atom is -0.481 e. The second-order valence-corrected chi connectivity index (χ2v) is 1.27. The predicted molar refractivity (Wildman–Crippen MR) is 28.7 cm³/mol. The Morgan fingerprint density at radius 1 is 1.44 bits per heavy atom. The van der Waals surface area contributed by atoms with Gasteiger partial charge in [0.05, 0.1) is 0 Å². The van der Waals surface area contributed by atoms with Crippen molar-refractivity contribution in [1.82, 2.24) is 0 Å². The van der Waals surface area contributed by atoms with E-state index in [2.05, 4.69) is 0 Å². The third kappa shape index (κ3) is 18.3. The fourth-order valence-electron chi connectivity index (χ4n) is 0.213. The fourth-order valence-corrected chi connectivity index (χ4v) is 0.213. The van der Waals surface area contributed by atoms with E-state index in [1.807, 2.05) is 0 Å². The SMILES string of the molecule is CC(=O)CC(=O)O.[B].[Co]. The smallest absolute Gasteiger partial charge is 0.310 e. The molecule has 0 fully saturated rings. The van der Waals surface area contributed by atoms with Gasteiger partial charge in [-0.05, 0) is 6.92 Å². The van der Waals surface area contributed by atoms with Crippen molar-refractivity contribution in [1.29, 1.82) is 0 Å². The molecule has 0 atom stereocenters. The summed E-state index contributed by atoms with van der Waals surface area (Å²) in [4.78, 5) is 19.5. The standard InChI is InChI=1S/C4H6O3.B.Co/c1-3(5)2-4(6)7;;/h2H2,1H3,(H,6,7);;. The number of aliphatic carboxylic acids is 1. The second kappa shape index (κ2) is 7.71. The predicted octanol–water partition coefficient (Wildman–Crippen LogP) is -0.333. The van der Waals surface area contributed by atoms with Gasteiger partial charge in [0.2, 0.25) is 0 Å². The van der Waals surface area contributed by atoms with Crippen LogP contribution in [-0.2, 0) is 26.4 Å². The number of carboxylic acids is 1. The third-order valence-electron chi connectivity index (χ3n) is 0.400.